The lowest BCUT2D eigenvalue weighted by Crippen LogP contribution is -2.24. The van der Waals surface area contributed by atoms with Gasteiger partial charge in [0.05, 0.1) is 6.61 Å². The molecule has 1 atom stereocenters. The third-order valence-corrected chi connectivity index (χ3v) is 5.70. The van der Waals surface area contributed by atoms with Crippen LogP contribution in [0.25, 0.3) is 0 Å². The molecule has 1 fully saturated rings. The molecule has 4 rings (SSSR count). The van der Waals surface area contributed by atoms with Gasteiger partial charge in [-0.1, -0.05) is 11.3 Å². The Morgan fingerprint density at radius 1 is 1.20 bits per heavy atom. The summed E-state index contributed by atoms with van der Waals surface area (Å²) in [4.78, 5) is 26.4. The van der Waals surface area contributed by atoms with Crippen LogP contribution in [0.15, 0.2) is 48.5 Å². The van der Waals surface area contributed by atoms with Gasteiger partial charge in [0.2, 0.25) is 11.0 Å². The minimum absolute atomic E-state index is 0.0539. The summed E-state index contributed by atoms with van der Waals surface area (Å²) in [5, 5.41) is 12.0. The number of hydrogen-bond acceptors (Lipinski definition) is 6. The number of nitrogens with one attached hydrogen (secondary N) is 1. The molecule has 7 nitrogen and oxygen atoms in total. The predicted octanol–water partition coefficient (Wildman–Crippen LogP) is 3.85. The summed E-state index contributed by atoms with van der Waals surface area (Å²) in [7, 11) is 0. The number of hydrogen-bond donors (Lipinski definition) is 1. The third kappa shape index (κ3) is 4.30. The SMILES string of the molecule is CCOc1ccc(C(=O)Nc2nnc(C3CC(=O)N(c4ccc(F)cc4)C3)s2)cc1. The van der Waals surface area contributed by atoms with Crippen molar-refractivity contribution in [2.24, 2.45) is 0 Å². The molecular formula is C21H19FN4O3S. The highest BCUT2D eigenvalue weighted by Gasteiger charge is 2.34. The predicted molar refractivity (Wildman–Crippen MR) is 112 cm³/mol. The number of aromatic nitrogens is 2. The molecule has 0 saturated carbocycles. The number of amides is 2. The lowest BCUT2D eigenvalue weighted by Gasteiger charge is -2.16. The van der Waals surface area contributed by atoms with Crippen LogP contribution in [0.2, 0.25) is 0 Å². The number of rotatable bonds is 6. The Morgan fingerprint density at radius 2 is 1.93 bits per heavy atom. The highest BCUT2D eigenvalue weighted by Crippen LogP contribution is 2.34. The first-order valence-electron chi connectivity index (χ1n) is 9.47. The van der Waals surface area contributed by atoms with E-state index in [2.05, 4.69) is 15.5 Å². The van der Waals surface area contributed by atoms with Crippen molar-refractivity contribution in [3.05, 3.63) is 64.9 Å². The summed E-state index contributed by atoms with van der Waals surface area (Å²) in [6, 6.07) is 12.6. The molecule has 0 spiro atoms. The molecule has 1 aromatic heterocycles. The van der Waals surface area contributed by atoms with Crippen LogP contribution in [0.4, 0.5) is 15.2 Å². The fraction of sp³-hybridized carbons (Fsp3) is 0.238. The summed E-state index contributed by atoms with van der Waals surface area (Å²) in [5.74, 6) is -0.128. The van der Waals surface area contributed by atoms with Gasteiger partial charge in [-0.25, -0.2) is 4.39 Å². The van der Waals surface area contributed by atoms with Crippen LogP contribution in [0.1, 0.15) is 34.6 Å². The van der Waals surface area contributed by atoms with Crippen LogP contribution >= 0.6 is 11.3 Å². The topological polar surface area (TPSA) is 84.4 Å². The van der Waals surface area contributed by atoms with E-state index >= 15 is 0 Å². The zero-order valence-corrected chi connectivity index (χ0v) is 17.0. The summed E-state index contributed by atoms with van der Waals surface area (Å²) in [6.45, 7) is 2.89. The first-order chi connectivity index (χ1) is 14.5. The Bertz CT molecular complexity index is 1050. The lowest BCUT2D eigenvalue weighted by atomic mass is 10.1. The average Bonchev–Trinajstić information content (AvgIpc) is 3.36. The van der Waals surface area contributed by atoms with Crippen LogP contribution < -0.4 is 15.0 Å². The second-order valence-corrected chi connectivity index (χ2v) is 7.75. The van der Waals surface area contributed by atoms with Crippen molar-refractivity contribution in [3.8, 4) is 5.75 Å². The molecule has 1 saturated heterocycles. The quantitative estimate of drug-likeness (QED) is 0.647. The van der Waals surface area contributed by atoms with Gasteiger partial charge in [0.25, 0.3) is 5.91 Å². The summed E-state index contributed by atoms with van der Waals surface area (Å²) >= 11 is 1.25. The number of benzene rings is 2. The fourth-order valence-corrected chi connectivity index (χ4v) is 4.06. The van der Waals surface area contributed by atoms with Crippen molar-refractivity contribution < 1.29 is 18.7 Å². The second-order valence-electron chi connectivity index (χ2n) is 6.74. The first-order valence-corrected chi connectivity index (χ1v) is 10.3. The van der Waals surface area contributed by atoms with Gasteiger partial charge < -0.3 is 9.64 Å². The molecule has 2 aromatic carbocycles. The Hall–Kier alpha value is -3.33. The van der Waals surface area contributed by atoms with Crippen molar-refractivity contribution >= 4 is 34.0 Å². The molecule has 0 aliphatic carbocycles. The zero-order valence-electron chi connectivity index (χ0n) is 16.2. The van der Waals surface area contributed by atoms with E-state index in [1.165, 1.54) is 23.5 Å². The maximum atomic E-state index is 13.1. The van der Waals surface area contributed by atoms with Gasteiger partial charge in [-0.05, 0) is 55.5 Å². The van der Waals surface area contributed by atoms with Gasteiger partial charge in [-0.3, -0.25) is 14.9 Å². The van der Waals surface area contributed by atoms with Crippen molar-refractivity contribution in [1.82, 2.24) is 10.2 Å². The molecule has 30 heavy (non-hydrogen) atoms. The molecule has 1 N–H and O–H groups in total. The molecule has 3 aromatic rings. The van der Waals surface area contributed by atoms with E-state index in [0.29, 0.717) is 46.7 Å². The monoisotopic (exact) mass is 426 g/mol. The van der Waals surface area contributed by atoms with Crippen molar-refractivity contribution in [2.75, 3.05) is 23.4 Å². The number of carbonyl (C=O) groups is 2. The van der Waals surface area contributed by atoms with E-state index < -0.39 is 0 Å². The highest BCUT2D eigenvalue weighted by molar-refractivity contribution is 7.15. The molecule has 2 heterocycles. The molecule has 0 bridgehead atoms. The molecular weight excluding hydrogens is 407 g/mol. The average molecular weight is 426 g/mol. The Morgan fingerprint density at radius 3 is 2.63 bits per heavy atom. The Labute approximate surface area is 176 Å². The summed E-state index contributed by atoms with van der Waals surface area (Å²) in [5.41, 5.74) is 1.13. The minimum Gasteiger partial charge on any atom is -0.494 e. The van der Waals surface area contributed by atoms with E-state index in [0.717, 1.165) is 0 Å². The van der Waals surface area contributed by atoms with Crippen molar-refractivity contribution in [3.63, 3.8) is 0 Å². The van der Waals surface area contributed by atoms with E-state index in [9.17, 15) is 14.0 Å². The van der Waals surface area contributed by atoms with Gasteiger partial charge in [-0.2, -0.15) is 0 Å². The van der Waals surface area contributed by atoms with Crippen LogP contribution in [-0.4, -0.2) is 35.2 Å². The molecule has 0 radical (unpaired) electrons. The number of anilines is 2. The van der Waals surface area contributed by atoms with E-state index in [1.54, 1.807) is 41.3 Å². The number of carbonyl (C=O) groups excluding carboxylic acids is 2. The van der Waals surface area contributed by atoms with Crippen molar-refractivity contribution in [1.29, 1.82) is 0 Å². The molecule has 1 aliphatic heterocycles. The van der Waals surface area contributed by atoms with Gasteiger partial charge in [0.15, 0.2) is 0 Å². The summed E-state index contributed by atoms with van der Waals surface area (Å²) < 4.78 is 18.5. The van der Waals surface area contributed by atoms with Crippen LogP contribution in [0.3, 0.4) is 0 Å². The van der Waals surface area contributed by atoms with E-state index in [4.69, 9.17) is 4.74 Å². The van der Waals surface area contributed by atoms with Gasteiger partial charge in [0.1, 0.15) is 16.6 Å². The first kappa shape index (κ1) is 20.0. The molecule has 2 amide bonds. The zero-order chi connectivity index (χ0) is 21.1. The number of nitrogens with zero attached hydrogens (tertiary/aromatic N) is 3. The van der Waals surface area contributed by atoms with Gasteiger partial charge >= 0.3 is 0 Å². The van der Waals surface area contributed by atoms with Crippen molar-refractivity contribution in [2.45, 2.75) is 19.3 Å². The van der Waals surface area contributed by atoms with Crippen LogP contribution in [-0.2, 0) is 4.79 Å². The molecule has 9 heteroatoms. The fourth-order valence-electron chi connectivity index (χ4n) is 3.23. The van der Waals surface area contributed by atoms with Gasteiger partial charge in [0, 0.05) is 30.1 Å². The summed E-state index contributed by atoms with van der Waals surface area (Å²) in [6.07, 6.45) is 0.291. The van der Waals surface area contributed by atoms with Gasteiger partial charge in [-0.15, -0.1) is 10.2 Å². The smallest absolute Gasteiger partial charge is 0.257 e. The molecule has 1 aliphatic rings. The van der Waals surface area contributed by atoms with Crippen LogP contribution in [0, 0.1) is 5.82 Å². The van der Waals surface area contributed by atoms with Crippen LogP contribution in [0.5, 0.6) is 5.75 Å². The van der Waals surface area contributed by atoms with E-state index in [1.807, 2.05) is 6.92 Å². The maximum absolute atomic E-state index is 13.1. The lowest BCUT2D eigenvalue weighted by molar-refractivity contribution is -0.117. The second kappa shape index (κ2) is 8.58. The largest absolute Gasteiger partial charge is 0.494 e. The Balaban J connectivity index is 1.41. The maximum Gasteiger partial charge on any atom is 0.257 e. The third-order valence-electron chi connectivity index (χ3n) is 4.70. The minimum atomic E-state index is -0.348. The Kier molecular flexibility index (Phi) is 5.71. The number of halogens is 1. The standard InChI is InChI=1S/C21H19FN4O3S/c1-2-29-17-9-3-13(4-10-17)19(28)23-21-25-24-20(30-21)14-11-18(27)26(12-14)16-7-5-15(22)6-8-16/h3-10,14H,2,11-12H2,1H3,(H,23,25,28). The normalized spacial score (nSPS) is 16.0. The highest BCUT2D eigenvalue weighted by atomic mass is 32.1. The molecule has 154 valence electrons. The number of ether oxygens (including phenoxy) is 1. The molecule has 1 unspecified atom stereocenters. The van der Waals surface area contributed by atoms with E-state index in [-0.39, 0.29) is 23.5 Å².